The van der Waals surface area contributed by atoms with E-state index in [1.165, 1.54) is 39.2 Å². The van der Waals surface area contributed by atoms with Crippen LogP contribution >= 0.6 is 0 Å². The van der Waals surface area contributed by atoms with Gasteiger partial charge >= 0.3 is 5.97 Å². The molecular weight excluding hydrogens is 448 g/mol. The Kier molecular flexibility index (Phi) is 6.29. The van der Waals surface area contributed by atoms with Crippen LogP contribution in [0.4, 0.5) is 17.6 Å². The average Bonchev–Trinajstić information content (AvgIpc) is 3.09. The lowest BCUT2D eigenvalue weighted by Crippen LogP contribution is -2.48. The van der Waals surface area contributed by atoms with Crippen molar-refractivity contribution in [1.82, 2.24) is 9.88 Å². The molecule has 4 rings (SSSR count). The number of nitrogens with one attached hydrogen (secondary N) is 1. The lowest BCUT2D eigenvalue weighted by atomic mass is 9.87. The highest BCUT2D eigenvalue weighted by atomic mass is 19.1. The zero-order chi connectivity index (χ0) is 24.8. The minimum absolute atomic E-state index is 0.0646. The van der Waals surface area contributed by atoms with Crippen LogP contribution in [0.3, 0.4) is 0 Å². The fourth-order valence-corrected chi connectivity index (χ4v) is 4.71. The van der Waals surface area contributed by atoms with E-state index in [0.29, 0.717) is 23.0 Å². The maximum absolute atomic E-state index is 15.5. The molecule has 0 spiro atoms. The molecule has 1 aliphatic heterocycles. The Morgan fingerprint density at radius 1 is 1.21 bits per heavy atom. The number of benzene rings is 2. The minimum Gasteiger partial charge on any atom is -0.466 e. The molecule has 180 valence electrons. The van der Waals surface area contributed by atoms with Crippen LogP contribution in [0, 0.1) is 17.5 Å². The maximum Gasteiger partial charge on any atom is 0.330 e. The molecule has 8 heteroatoms. The van der Waals surface area contributed by atoms with E-state index >= 15 is 8.78 Å². The third-order valence-electron chi connectivity index (χ3n) is 6.12. The van der Waals surface area contributed by atoms with E-state index in [0.717, 1.165) is 23.8 Å². The molecule has 1 N–H and O–H groups in total. The van der Waals surface area contributed by atoms with Gasteiger partial charge in [-0.2, -0.15) is 0 Å². The Morgan fingerprint density at radius 3 is 2.50 bits per heavy atom. The highest BCUT2D eigenvalue weighted by Gasteiger charge is 2.41. The monoisotopic (exact) mass is 474 g/mol. The van der Waals surface area contributed by atoms with E-state index in [9.17, 15) is 13.6 Å². The number of methoxy groups -OCH3 is 1. The Morgan fingerprint density at radius 2 is 1.88 bits per heavy atom. The van der Waals surface area contributed by atoms with E-state index < -0.39 is 35.1 Å². The largest absolute Gasteiger partial charge is 0.466 e. The molecule has 0 bridgehead atoms. The van der Waals surface area contributed by atoms with Crippen molar-refractivity contribution in [3.8, 4) is 0 Å². The molecule has 3 aromatic rings. The summed E-state index contributed by atoms with van der Waals surface area (Å²) in [4.78, 5) is 16.3. The van der Waals surface area contributed by atoms with Gasteiger partial charge in [0.25, 0.3) is 0 Å². The summed E-state index contributed by atoms with van der Waals surface area (Å²) in [5, 5.41) is 0.643. The second-order valence-electron chi connectivity index (χ2n) is 9.31. The van der Waals surface area contributed by atoms with Gasteiger partial charge in [-0.15, -0.1) is 0 Å². The molecule has 2 atom stereocenters. The van der Waals surface area contributed by atoms with E-state index in [-0.39, 0.29) is 23.7 Å². The summed E-state index contributed by atoms with van der Waals surface area (Å²) in [5.41, 5.74) is 0.192. The van der Waals surface area contributed by atoms with Gasteiger partial charge in [-0.3, -0.25) is 4.90 Å². The van der Waals surface area contributed by atoms with Gasteiger partial charge in [0.05, 0.1) is 13.2 Å². The number of aromatic nitrogens is 1. The van der Waals surface area contributed by atoms with Gasteiger partial charge in [-0.1, -0.05) is 0 Å². The van der Waals surface area contributed by atoms with E-state index in [2.05, 4.69) is 9.72 Å². The lowest BCUT2D eigenvalue weighted by Gasteiger charge is -2.43. The van der Waals surface area contributed by atoms with Gasteiger partial charge in [-0.25, -0.2) is 22.4 Å². The third-order valence-corrected chi connectivity index (χ3v) is 6.12. The maximum atomic E-state index is 15.5. The summed E-state index contributed by atoms with van der Waals surface area (Å²) >= 11 is 0. The summed E-state index contributed by atoms with van der Waals surface area (Å²) in [7, 11) is 1.20. The summed E-state index contributed by atoms with van der Waals surface area (Å²) in [6.45, 7) is 4.63. The molecule has 0 aliphatic carbocycles. The molecule has 2 aromatic carbocycles. The number of carbonyl (C=O) groups excluding carboxylic acids is 1. The molecule has 34 heavy (non-hydrogen) atoms. The van der Waals surface area contributed by atoms with Gasteiger partial charge < -0.3 is 9.72 Å². The van der Waals surface area contributed by atoms with Crippen LogP contribution in [0.5, 0.6) is 0 Å². The third kappa shape index (κ3) is 4.59. The average molecular weight is 474 g/mol. The van der Waals surface area contributed by atoms with Crippen LogP contribution in [0.15, 0.2) is 36.4 Å². The summed E-state index contributed by atoms with van der Waals surface area (Å²) in [6.07, 6.45) is 2.79. The minimum atomic E-state index is -1.63. The predicted molar refractivity (Wildman–Crippen MR) is 123 cm³/mol. The Hall–Kier alpha value is -3.13. The molecule has 0 amide bonds. The number of esters is 1. The highest BCUT2D eigenvalue weighted by Crippen LogP contribution is 2.43. The van der Waals surface area contributed by atoms with Crippen molar-refractivity contribution in [2.75, 3.05) is 13.7 Å². The SMILES string of the molecule is COC(=O)/C=C/c1cc(F)c(C2c3[nH]c4ccc(F)cc4c3CC(C)N2CC(C)(C)F)c(F)c1. The number of carbonyl (C=O) groups is 1. The summed E-state index contributed by atoms with van der Waals surface area (Å²) in [6, 6.07) is 5.32. The number of halogens is 4. The number of fused-ring (bicyclic) bond motifs is 3. The van der Waals surface area contributed by atoms with Crippen molar-refractivity contribution in [3.63, 3.8) is 0 Å². The number of ether oxygens (including phenoxy) is 1. The molecule has 1 aromatic heterocycles. The lowest BCUT2D eigenvalue weighted by molar-refractivity contribution is -0.134. The molecule has 2 heterocycles. The number of rotatable bonds is 5. The first-order chi connectivity index (χ1) is 16.0. The standard InChI is InChI=1S/C26H26F4N2O2/c1-14-9-18-17-12-16(27)6-7-21(17)31-24(18)25(32(14)13-26(2,3)30)23-19(28)10-15(11-20(23)29)5-8-22(33)34-4/h5-8,10-12,14,25,31H,9,13H2,1-4H3/b8-5+. The van der Waals surface area contributed by atoms with Crippen molar-refractivity contribution in [2.45, 2.75) is 44.9 Å². The Labute approximate surface area is 195 Å². The van der Waals surface area contributed by atoms with Crippen molar-refractivity contribution >= 4 is 22.9 Å². The molecule has 4 nitrogen and oxygen atoms in total. The van der Waals surface area contributed by atoms with Crippen molar-refractivity contribution in [2.24, 2.45) is 0 Å². The normalized spacial score (nSPS) is 19.1. The fourth-order valence-electron chi connectivity index (χ4n) is 4.71. The predicted octanol–water partition coefficient (Wildman–Crippen LogP) is 5.86. The van der Waals surface area contributed by atoms with Crippen LogP contribution in [0.1, 0.15) is 49.2 Å². The van der Waals surface area contributed by atoms with Crippen LogP contribution in [0.2, 0.25) is 0 Å². The second kappa shape index (κ2) is 8.91. The number of alkyl halides is 1. The smallest absolute Gasteiger partial charge is 0.330 e. The number of nitrogens with zero attached hydrogens (tertiary/aromatic N) is 1. The van der Waals surface area contributed by atoms with Crippen LogP contribution in [0.25, 0.3) is 17.0 Å². The van der Waals surface area contributed by atoms with Gasteiger partial charge in [0.1, 0.15) is 23.1 Å². The first kappa shape index (κ1) is 24.0. The zero-order valence-electron chi connectivity index (χ0n) is 19.4. The van der Waals surface area contributed by atoms with Crippen molar-refractivity contribution < 1.29 is 27.1 Å². The number of aromatic amines is 1. The van der Waals surface area contributed by atoms with E-state index in [1.54, 1.807) is 11.0 Å². The second-order valence-corrected chi connectivity index (χ2v) is 9.31. The van der Waals surface area contributed by atoms with Crippen LogP contribution in [-0.4, -0.2) is 41.2 Å². The number of hydrogen-bond acceptors (Lipinski definition) is 3. The molecule has 2 unspecified atom stereocenters. The number of H-pyrrole nitrogens is 1. The van der Waals surface area contributed by atoms with Gasteiger partial charge in [0.2, 0.25) is 0 Å². The van der Waals surface area contributed by atoms with Crippen LogP contribution < -0.4 is 0 Å². The van der Waals surface area contributed by atoms with Gasteiger partial charge in [0.15, 0.2) is 0 Å². The van der Waals surface area contributed by atoms with Crippen molar-refractivity contribution in [1.29, 1.82) is 0 Å². The van der Waals surface area contributed by atoms with Crippen LogP contribution in [-0.2, 0) is 16.0 Å². The topological polar surface area (TPSA) is 45.3 Å². The molecule has 0 saturated heterocycles. The molecule has 1 aliphatic rings. The first-order valence-corrected chi connectivity index (χ1v) is 11.0. The van der Waals surface area contributed by atoms with Gasteiger partial charge in [-0.05, 0) is 74.7 Å². The zero-order valence-corrected chi connectivity index (χ0v) is 19.4. The first-order valence-electron chi connectivity index (χ1n) is 11.0. The molecule has 0 radical (unpaired) electrons. The molecular formula is C26H26F4N2O2. The Bertz CT molecular complexity index is 1250. The Balaban J connectivity index is 1.90. The molecule has 0 fully saturated rings. The molecule has 0 saturated carbocycles. The van der Waals surface area contributed by atoms with E-state index in [4.69, 9.17) is 0 Å². The van der Waals surface area contributed by atoms with E-state index in [1.807, 2.05) is 6.92 Å². The summed E-state index contributed by atoms with van der Waals surface area (Å²) < 4.78 is 64.2. The number of hydrogen-bond donors (Lipinski definition) is 1. The summed E-state index contributed by atoms with van der Waals surface area (Å²) in [5.74, 6) is -2.73. The van der Waals surface area contributed by atoms with Gasteiger partial charge in [0, 0.05) is 40.8 Å². The fraction of sp³-hybridized carbons (Fsp3) is 0.346. The highest BCUT2D eigenvalue weighted by molar-refractivity contribution is 5.87. The van der Waals surface area contributed by atoms with Crippen molar-refractivity contribution in [3.05, 3.63) is 76.2 Å². The quantitative estimate of drug-likeness (QED) is 0.286.